The number of aliphatic hydroxyl groups is 1. The van der Waals surface area contributed by atoms with Crippen LogP contribution in [0.25, 0.3) is 11.4 Å². The summed E-state index contributed by atoms with van der Waals surface area (Å²) in [6.07, 6.45) is 2.67. The lowest BCUT2D eigenvalue weighted by Gasteiger charge is -2.36. The van der Waals surface area contributed by atoms with Crippen molar-refractivity contribution >= 4 is 5.91 Å². The lowest BCUT2D eigenvalue weighted by Crippen LogP contribution is -2.27. The molecule has 1 amide bonds. The number of hydrogen-bond acceptors (Lipinski definition) is 4. The maximum atomic E-state index is 14.5. The molecule has 0 radical (unpaired) electrons. The Hall–Kier alpha value is -3.00. The summed E-state index contributed by atoms with van der Waals surface area (Å²) in [6.45, 7) is 1.90. The molecule has 1 saturated carbocycles. The number of nitrogens with two attached hydrogens (primary N) is 1. The third kappa shape index (κ3) is 2.48. The van der Waals surface area contributed by atoms with Gasteiger partial charge in [0.05, 0.1) is 11.4 Å². The first kappa shape index (κ1) is 18.1. The van der Waals surface area contributed by atoms with Crippen LogP contribution in [0.1, 0.15) is 70.8 Å². The Kier molecular flexibility index (Phi) is 3.89. The molecule has 4 heterocycles. The minimum atomic E-state index is -1.10. The van der Waals surface area contributed by atoms with Gasteiger partial charge in [-0.1, -0.05) is 6.92 Å². The maximum Gasteiger partial charge on any atom is 0.269 e. The molecule has 1 aliphatic carbocycles. The van der Waals surface area contributed by atoms with E-state index in [9.17, 15) is 14.3 Å². The van der Waals surface area contributed by atoms with Crippen molar-refractivity contribution in [3.05, 3.63) is 58.4 Å². The molecule has 1 fully saturated rings. The Morgan fingerprint density at radius 1 is 1.41 bits per heavy atom. The van der Waals surface area contributed by atoms with Crippen molar-refractivity contribution in [1.82, 2.24) is 19.3 Å². The number of nitrogens with zero attached hydrogens (tertiary/aromatic N) is 4. The Labute approximate surface area is 167 Å². The lowest BCUT2D eigenvalue weighted by molar-refractivity contribution is 0.0988. The highest BCUT2D eigenvalue weighted by atomic mass is 19.1. The molecule has 6 rings (SSSR count). The summed E-state index contributed by atoms with van der Waals surface area (Å²) >= 11 is 0. The second kappa shape index (κ2) is 6.25. The zero-order valence-electron chi connectivity index (χ0n) is 16.3. The standard InChI is InChI=1S/C21H22FN5O2/c1-3-10-8-14-13(9-15(10)22)11-6-12(7-11)27-18(17(20(23)29)25-21(14)27)19(28)16-4-5-24-26(16)2/h4-5,8-9,11-12,19,28H,3,6-7H2,1-2H3,(H2,23,29). The van der Waals surface area contributed by atoms with E-state index in [1.807, 2.05) is 17.6 Å². The average molecular weight is 395 g/mol. The molecule has 29 heavy (non-hydrogen) atoms. The zero-order valence-corrected chi connectivity index (χ0v) is 16.3. The van der Waals surface area contributed by atoms with Gasteiger partial charge in [0.2, 0.25) is 0 Å². The number of primary amides is 1. The number of aromatic nitrogens is 4. The van der Waals surface area contributed by atoms with E-state index >= 15 is 0 Å². The zero-order chi connectivity index (χ0) is 20.4. The normalized spacial score (nSPS) is 20.4. The summed E-state index contributed by atoms with van der Waals surface area (Å²) in [6, 6.07) is 5.22. The Morgan fingerprint density at radius 3 is 2.79 bits per heavy atom. The van der Waals surface area contributed by atoms with Gasteiger partial charge in [-0.2, -0.15) is 5.10 Å². The van der Waals surface area contributed by atoms with Crippen LogP contribution in [0.4, 0.5) is 4.39 Å². The number of imidazole rings is 1. The number of halogens is 1. The van der Waals surface area contributed by atoms with Gasteiger partial charge in [-0.05, 0) is 54.5 Å². The third-order valence-electron chi connectivity index (χ3n) is 6.34. The molecule has 3 aromatic rings. The molecular weight excluding hydrogens is 373 g/mol. The molecule has 150 valence electrons. The van der Waals surface area contributed by atoms with E-state index in [0.29, 0.717) is 29.2 Å². The highest BCUT2D eigenvalue weighted by molar-refractivity contribution is 5.93. The molecule has 7 nitrogen and oxygen atoms in total. The highest BCUT2D eigenvalue weighted by Crippen LogP contribution is 2.54. The van der Waals surface area contributed by atoms with Gasteiger partial charge < -0.3 is 15.4 Å². The number of carbonyl (C=O) groups is 1. The lowest BCUT2D eigenvalue weighted by atomic mass is 9.75. The molecule has 8 heteroatoms. The molecule has 2 aromatic heterocycles. The predicted octanol–water partition coefficient (Wildman–Crippen LogP) is 2.60. The third-order valence-corrected chi connectivity index (χ3v) is 6.34. The molecular formula is C21H22FN5O2. The molecule has 1 unspecified atom stereocenters. The SMILES string of the molecule is CCc1cc2c(cc1F)C1CC(C1)n1c-2nc(C(N)=O)c1C(O)c1ccnn1C. The molecule has 0 saturated heterocycles. The van der Waals surface area contributed by atoms with Gasteiger partial charge in [-0.15, -0.1) is 0 Å². The van der Waals surface area contributed by atoms with Gasteiger partial charge in [-0.25, -0.2) is 9.37 Å². The number of hydrogen-bond donors (Lipinski definition) is 2. The Bertz CT molecular complexity index is 1140. The Balaban J connectivity index is 1.79. The molecule has 3 N–H and O–H groups in total. The summed E-state index contributed by atoms with van der Waals surface area (Å²) in [4.78, 5) is 16.8. The van der Waals surface area contributed by atoms with Crippen molar-refractivity contribution in [2.45, 2.75) is 44.2 Å². The number of aryl methyl sites for hydroxylation is 2. The van der Waals surface area contributed by atoms with Gasteiger partial charge in [0.25, 0.3) is 5.91 Å². The second-order valence-corrected chi connectivity index (χ2v) is 7.89. The highest BCUT2D eigenvalue weighted by Gasteiger charge is 2.43. The summed E-state index contributed by atoms with van der Waals surface area (Å²) in [7, 11) is 1.73. The largest absolute Gasteiger partial charge is 0.380 e. The van der Waals surface area contributed by atoms with Crippen LogP contribution in [0.15, 0.2) is 24.4 Å². The van der Waals surface area contributed by atoms with Crippen molar-refractivity contribution in [2.75, 3.05) is 0 Å². The first-order chi connectivity index (χ1) is 13.9. The first-order valence-corrected chi connectivity index (χ1v) is 9.81. The van der Waals surface area contributed by atoms with Gasteiger partial charge in [0.1, 0.15) is 17.7 Å². The van der Waals surface area contributed by atoms with E-state index in [4.69, 9.17) is 5.73 Å². The van der Waals surface area contributed by atoms with E-state index in [-0.39, 0.29) is 23.5 Å². The quantitative estimate of drug-likeness (QED) is 0.709. The van der Waals surface area contributed by atoms with E-state index in [1.165, 1.54) is 0 Å². The smallest absolute Gasteiger partial charge is 0.269 e. The fourth-order valence-electron chi connectivity index (χ4n) is 4.73. The average Bonchev–Trinajstić information content (AvgIpc) is 3.19. The fourth-order valence-corrected chi connectivity index (χ4v) is 4.73. The molecule has 1 atom stereocenters. The van der Waals surface area contributed by atoms with E-state index < -0.39 is 12.0 Å². The summed E-state index contributed by atoms with van der Waals surface area (Å²) in [5.41, 5.74) is 8.96. The van der Waals surface area contributed by atoms with Crippen molar-refractivity contribution < 1.29 is 14.3 Å². The van der Waals surface area contributed by atoms with Crippen LogP contribution in [-0.4, -0.2) is 30.3 Å². The van der Waals surface area contributed by atoms with Crippen LogP contribution in [0, 0.1) is 5.82 Å². The second-order valence-electron chi connectivity index (χ2n) is 7.89. The number of rotatable bonds is 4. The van der Waals surface area contributed by atoms with E-state index in [2.05, 4.69) is 10.1 Å². The van der Waals surface area contributed by atoms with Gasteiger partial charge in [0.15, 0.2) is 5.69 Å². The summed E-state index contributed by atoms with van der Waals surface area (Å²) < 4.78 is 18.0. The van der Waals surface area contributed by atoms with Crippen LogP contribution in [-0.2, 0) is 13.5 Å². The molecule has 2 bridgehead atoms. The van der Waals surface area contributed by atoms with E-state index in [0.717, 1.165) is 24.0 Å². The summed E-state index contributed by atoms with van der Waals surface area (Å²) in [5.74, 6) is -0.0856. The molecule has 3 aliphatic rings. The topological polar surface area (TPSA) is 99.0 Å². The molecule has 0 spiro atoms. The van der Waals surface area contributed by atoms with E-state index in [1.54, 1.807) is 30.1 Å². The van der Waals surface area contributed by atoms with Crippen LogP contribution < -0.4 is 5.73 Å². The number of benzene rings is 1. The number of aliphatic hydroxyl groups excluding tert-OH is 1. The van der Waals surface area contributed by atoms with Crippen molar-refractivity contribution in [1.29, 1.82) is 0 Å². The summed E-state index contributed by atoms with van der Waals surface area (Å²) in [5, 5.41) is 15.3. The number of amides is 1. The fraction of sp³-hybridized carbons (Fsp3) is 0.381. The minimum Gasteiger partial charge on any atom is -0.380 e. The molecule has 2 aliphatic heterocycles. The van der Waals surface area contributed by atoms with Gasteiger partial charge >= 0.3 is 0 Å². The molecule has 1 aromatic carbocycles. The van der Waals surface area contributed by atoms with Crippen LogP contribution in [0.5, 0.6) is 0 Å². The Morgan fingerprint density at radius 2 is 2.17 bits per heavy atom. The minimum absolute atomic E-state index is 0.0485. The van der Waals surface area contributed by atoms with Gasteiger partial charge in [-0.3, -0.25) is 9.48 Å². The van der Waals surface area contributed by atoms with Crippen molar-refractivity contribution in [2.24, 2.45) is 12.8 Å². The van der Waals surface area contributed by atoms with Crippen LogP contribution in [0.2, 0.25) is 0 Å². The van der Waals surface area contributed by atoms with Crippen molar-refractivity contribution in [3.8, 4) is 11.4 Å². The van der Waals surface area contributed by atoms with Crippen molar-refractivity contribution in [3.63, 3.8) is 0 Å². The predicted molar refractivity (Wildman–Crippen MR) is 104 cm³/mol. The maximum absolute atomic E-state index is 14.5. The number of carbonyl (C=O) groups excluding carboxylic acids is 1. The van der Waals surface area contributed by atoms with Gasteiger partial charge in [0, 0.05) is 24.8 Å². The van der Waals surface area contributed by atoms with Crippen LogP contribution >= 0.6 is 0 Å². The monoisotopic (exact) mass is 395 g/mol. The van der Waals surface area contributed by atoms with Crippen LogP contribution in [0.3, 0.4) is 0 Å². The first-order valence-electron chi connectivity index (χ1n) is 9.81.